The zero-order valence-corrected chi connectivity index (χ0v) is 17.1. The molecule has 134 valence electrons. The van der Waals surface area contributed by atoms with Gasteiger partial charge in [-0.3, -0.25) is 4.99 Å². The van der Waals surface area contributed by atoms with Crippen LogP contribution in [-0.2, 0) is 4.74 Å². The third kappa shape index (κ3) is 5.09. The Bertz CT molecular complexity index is 523. The molecule has 1 N–H and O–H groups in total. The summed E-state index contributed by atoms with van der Waals surface area (Å²) in [4.78, 5) is 6.85. The van der Waals surface area contributed by atoms with E-state index in [-0.39, 0.29) is 24.0 Å². The van der Waals surface area contributed by atoms with E-state index in [1.165, 1.54) is 18.4 Å². The number of guanidine groups is 1. The molecule has 0 aromatic heterocycles. The van der Waals surface area contributed by atoms with Crippen LogP contribution in [-0.4, -0.2) is 50.8 Å². The molecule has 1 saturated carbocycles. The molecule has 3 unspecified atom stereocenters. The summed E-state index contributed by atoms with van der Waals surface area (Å²) in [6, 6.07) is 10.9. The van der Waals surface area contributed by atoms with Crippen LogP contribution in [0.3, 0.4) is 0 Å². The van der Waals surface area contributed by atoms with Gasteiger partial charge in [0.1, 0.15) is 0 Å². The van der Waals surface area contributed by atoms with Crippen molar-refractivity contribution >= 4 is 29.9 Å². The first kappa shape index (κ1) is 19.5. The maximum absolute atomic E-state index is 5.56. The number of ether oxygens (including phenoxy) is 1. The quantitative estimate of drug-likeness (QED) is 0.416. The molecule has 2 fully saturated rings. The van der Waals surface area contributed by atoms with Gasteiger partial charge in [0.15, 0.2) is 5.96 Å². The lowest BCUT2D eigenvalue weighted by Gasteiger charge is -2.21. The summed E-state index contributed by atoms with van der Waals surface area (Å²) in [5.41, 5.74) is 1.48. The maximum Gasteiger partial charge on any atom is 0.193 e. The Balaban J connectivity index is 0.00000208. The fourth-order valence-electron chi connectivity index (χ4n) is 3.58. The van der Waals surface area contributed by atoms with Gasteiger partial charge in [0, 0.05) is 39.2 Å². The summed E-state index contributed by atoms with van der Waals surface area (Å²) in [5, 5.41) is 3.58. The van der Waals surface area contributed by atoms with Crippen molar-refractivity contribution in [3.8, 4) is 0 Å². The molecule has 1 heterocycles. The highest BCUT2D eigenvalue weighted by Gasteiger charge is 2.38. The number of nitrogens with one attached hydrogen (secondary N) is 1. The Morgan fingerprint density at radius 2 is 2.12 bits per heavy atom. The van der Waals surface area contributed by atoms with E-state index in [0.29, 0.717) is 5.92 Å². The van der Waals surface area contributed by atoms with E-state index in [2.05, 4.69) is 52.5 Å². The van der Waals surface area contributed by atoms with Crippen molar-refractivity contribution in [2.75, 3.05) is 39.9 Å². The highest BCUT2D eigenvalue weighted by molar-refractivity contribution is 14.0. The van der Waals surface area contributed by atoms with Gasteiger partial charge in [0.05, 0.1) is 6.61 Å². The molecule has 3 atom stereocenters. The number of hydrogen-bond acceptors (Lipinski definition) is 2. The van der Waals surface area contributed by atoms with Gasteiger partial charge in [-0.25, -0.2) is 0 Å². The molecule has 3 rings (SSSR count). The van der Waals surface area contributed by atoms with Gasteiger partial charge < -0.3 is 15.0 Å². The van der Waals surface area contributed by atoms with Gasteiger partial charge in [0.2, 0.25) is 0 Å². The predicted molar refractivity (Wildman–Crippen MR) is 110 cm³/mol. The standard InChI is InChI=1S/C19H29N3O.HI/c1-3-23-14-15-9-10-22(13-15)19(20-2)21-12-17-11-18(17)16-7-5-4-6-8-16;/h4-8,15,17-18H,3,9-14H2,1-2H3,(H,20,21);1H. The van der Waals surface area contributed by atoms with Crippen LogP contribution in [0, 0.1) is 11.8 Å². The second-order valence-electron chi connectivity index (χ2n) is 6.70. The molecule has 1 aliphatic carbocycles. The minimum Gasteiger partial charge on any atom is -0.381 e. The van der Waals surface area contributed by atoms with Gasteiger partial charge in [-0.2, -0.15) is 0 Å². The van der Waals surface area contributed by atoms with E-state index in [1.807, 2.05) is 7.05 Å². The summed E-state index contributed by atoms with van der Waals surface area (Å²) >= 11 is 0. The predicted octanol–water partition coefficient (Wildman–Crippen LogP) is 3.34. The molecule has 1 aromatic carbocycles. The van der Waals surface area contributed by atoms with Crippen LogP contribution in [0.4, 0.5) is 0 Å². The van der Waals surface area contributed by atoms with Crippen molar-refractivity contribution in [1.82, 2.24) is 10.2 Å². The zero-order valence-electron chi connectivity index (χ0n) is 14.8. The normalized spacial score (nSPS) is 26.2. The van der Waals surface area contributed by atoms with Crippen LogP contribution in [0.1, 0.15) is 31.2 Å². The smallest absolute Gasteiger partial charge is 0.193 e. The SMILES string of the molecule is CCOCC1CCN(C(=NC)NCC2CC2c2ccccc2)C1.I. The molecular formula is C19H30IN3O. The molecule has 1 saturated heterocycles. The first-order chi connectivity index (χ1) is 11.3. The van der Waals surface area contributed by atoms with E-state index in [4.69, 9.17) is 4.74 Å². The number of rotatable bonds is 6. The second kappa shape index (κ2) is 9.61. The lowest BCUT2D eigenvalue weighted by molar-refractivity contribution is 0.114. The van der Waals surface area contributed by atoms with Crippen LogP contribution in [0.5, 0.6) is 0 Å². The number of likely N-dealkylation sites (tertiary alicyclic amines) is 1. The van der Waals surface area contributed by atoms with E-state index >= 15 is 0 Å². The van der Waals surface area contributed by atoms with Crippen molar-refractivity contribution in [2.24, 2.45) is 16.8 Å². The zero-order chi connectivity index (χ0) is 16.1. The fraction of sp³-hybridized carbons (Fsp3) is 0.632. The van der Waals surface area contributed by atoms with Crippen LogP contribution in [0.25, 0.3) is 0 Å². The minimum atomic E-state index is 0. The first-order valence-electron chi connectivity index (χ1n) is 8.90. The minimum absolute atomic E-state index is 0. The molecule has 2 aliphatic rings. The number of aliphatic imine (C=N–C) groups is 1. The lowest BCUT2D eigenvalue weighted by atomic mass is 10.1. The molecule has 24 heavy (non-hydrogen) atoms. The van der Waals surface area contributed by atoms with Crippen LogP contribution >= 0.6 is 24.0 Å². The first-order valence-corrected chi connectivity index (χ1v) is 8.90. The number of benzene rings is 1. The summed E-state index contributed by atoms with van der Waals surface area (Å²) in [6.07, 6.45) is 2.50. The Morgan fingerprint density at radius 3 is 2.83 bits per heavy atom. The van der Waals surface area contributed by atoms with Gasteiger partial charge in [-0.15, -0.1) is 24.0 Å². The van der Waals surface area contributed by atoms with Crippen LogP contribution in [0.2, 0.25) is 0 Å². The molecule has 1 aromatic rings. The van der Waals surface area contributed by atoms with E-state index in [0.717, 1.165) is 50.6 Å². The van der Waals surface area contributed by atoms with Gasteiger partial charge in [0.25, 0.3) is 0 Å². The van der Waals surface area contributed by atoms with Gasteiger partial charge in [-0.1, -0.05) is 30.3 Å². The number of nitrogens with zero attached hydrogens (tertiary/aromatic N) is 2. The Kier molecular flexibility index (Phi) is 7.81. The lowest BCUT2D eigenvalue weighted by Crippen LogP contribution is -2.41. The highest BCUT2D eigenvalue weighted by Crippen LogP contribution is 2.46. The third-order valence-corrected chi connectivity index (χ3v) is 5.03. The van der Waals surface area contributed by atoms with Crippen molar-refractivity contribution < 1.29 is 4.74 Å². The van der Waals surface area contributed by atoms with Crippen LogP contribution < -0.4 is 5.32 Å². The Labute approximate surface area is 163 Å². The highest BCUT2D eigenvalue weighted by atomic mass is 127. The molecule has 4 nitrogen and oxygen atoms in total. The number of halogens is 1. The summed E-state index contributed by atoms with van der Waals surface area (Å²) in [7, 11) is 1.89. The molecule has 0 amide bonds. The largest absolute Gasteiger partial charge is 0.381 e. The van der Waals surface area contributed by atoms with Gasteiger partial charge >= 0.3 is 0 Å². The molecule has 0 radical (unpaired) electrons. The van der Waals surface area contributed by atoms with Crippen molar-refractivity contribution in [2.45, 2.75) is 25.7 Å². The summed E-state index contributed by atoms with van der Waals surface area (Å²) in [5.74, 6) is 3.18. The molecule has 0 spiro atoms. The molecule has 1 aliphatic heterocycles. The average Bonchev–Trinajstić information content (AvgIpc) is 3.22. The fourth-order valence-corrected chi connectivity index (χ4v) is 3.58. The van der Waals surface area contributed by atoms with Crippen molar-refractivity contribution in [3.05, 3.63) is 35.9 Å². The monoisotopic (exact) mass is 443 g/mol. The molecule has 5 heteroatoms. The molecule has 0 bridgehead atoms. The summed E-state index contributed by atoms with van der Waals surface area (Å²) in [6.45, 7) is 6.93. The Hall–Kier alpha value is -0.820. The third-order valence-electron chi connectivity index (χ3n) is 5.03. The van der Waals surface area contributed by atoms with Crippen molar-refractivity contribution in [3.63, 3.8) is 0 Å². The topological polar surface area (TPSA) is 36.9 Å². The van der Waals surface area contributed by atoms with Crippen LogP contribution in [0.15, 0.2) is 35.3 Å². The van der Waals surface area contributed by atoms with Gasteiger partial charge in [-0.05, 0) is 37.2 Å². The van der Waals surface area contributed by atoms with Crippen molar-refractivity contribution in [1.29, 1.82) is 0 Å². The molecular weight excluding hydrogens is 413 g/mol. The second-order valence-corrected chi connectivity index (χ2v) is 6.70. The number of hydrogen-bond donors (Lipinski definition) is 1. The van der Waals surface area contributed by atoms with E-state index in [9.17, 15) is 0 Å². The van der Waals surface area contributed by atoms with E-state index < -0.39 is 0 Å². The Morgan fingerprint density at radius 1 is 1.33 bits per heavy atom. The van der Waals surface area contributed by atoms with E-state index in [1.54, 1.807) is 0 Å². The average molecular weight is 443 g/mol. The summed E-state index contributed by atoms with van der Waals surface area (Å²) < 4.78 is 5.56. The maximum atomic E-state index is 5.56.